The Labute approximate surface area is 174 Å². The molecular weight excluding hydrogens is 382 g/mol. The Balaban J connectivity index is 1.73. The highest BCUT2D eigenvalue weighted by Gasteiger charge is 2.20. The van der Waals surface area contributed by atoms with Crippen LogP contribution < -0.4 is 10.9 Å². The summed E-state index contributed by atoms with van der Waals surface area (Å²) in [4.78, 5) is 36.6. The number of fused-ring (bicyclic) bond motifs is 1. The Kier molecular flexibility index (Phi) is 6.01. The van der Waals surface area contributed by atoms with Crippen molar-refractivity contribution < 1.29 is 19.1 Å². The average Bonchev–Trinajstić information content (AvgIpc) is 3.09. The number of hydrogen-bond donors (Lipinski definition) is 2. The van der Waals surface area contributed by atoms with E-state index in [1.807, 2.05) is 18.2 Å². The molecule has 1 aromatic heterocycles. The summed E-state index contributed by atoms with van der Waals surface area (Å²) in [5.41, 5.74) is 5.83. The topological polar surface area (TPSA) is 89.4 Å². The molecule has 0 aliphatic carbocycles. The quantitative estimate of drug-likeness (QED) is 0.511. The van der Waals surface area contributed by atoms with Crippen molar-refractivity contribution in [3.8, 4) is 0 Å². The molecule has 2 N–H and O–H groups in total. The van der Waals surface area contributed by atoms with Crippen LogP contribution in [0, 0.1) is 0 Å². The van der Waals surface area contributed by atoms with E-state index in [-0.39, 0.29) is 0 Å². The third kappa shape index (κ3) is 5.14. The van der Waals surface area contributed by atoms with E-state index in [1.54, 1.807) is 69.4 Å². The van der Waals surface area contributed by atoms with Crippen molar-refractivity contribution in [1.82, 2.24) is 15.4 Å². The Morgan fingerprint density at radius 1 is 0.933 bits per heavy atom. The molecule has 30 heavy (non-hydrogen) atoms. The maximum Gasteiger partial charge on any atom is 0.419 e. The average molecular weight is 405 g/mol. The van der Waals surface area contributed by atoms with Crippen LogP contribution in [0.3, 0.4) is 0 Å². The van der Waals surface area contributed by atoms with Crippen molar-refractivity contribution >= 4 is 34.9 Å². The van der Waals surface area contributed by atoms with E-state index in [9.17, 15) is 14.4 Å². The van der Waals surface area contributed by atoms with Crippen molar-refractivity contribution in [3.05, 3.63) is 78.0 Å². The Morgan fingerprint density at radius 3 is 2.30 bits per heavy atom. The fourth-order valence-corrected chi connectivity index (χ4v) is 2.79. The van der Waals surface area contributed by atoms with Crippen molar-refractivity contribution in [1.29, 1.82) is 0 Å². The minimum absolute atomic E-state index is 0.418. The van der Waals surface area contributed by atoms with Crippen LogP contribution in [0.5, 0.6) is 0 Å². The number of hydrogen-bond acceptors (Lipinski definition) is 4. The molecule has 3 rings (SSSR count). The number of carbonyl (C=O) groups is 3. The highest BCUT2D eigenvalue weighted by molar-refractivity contribution is 6.00. The van der Waals surface area contributed by atoms with E-state index in [4.69, 9.17) is 4.74 Å². The van der Waals surface area contributed by atoms with Crippen LogP contribution in [0.15, 0.2) is 66.9 Å². The zero-order valence-electron chi connectivity index (χ0n) is 17.0. The highest BCUT2D eigenvalue weighted by Crippen LogP contribution is 2.23. The number of carbonyl (C=O) groups excluding carboxylic acids is 3. The Morgan fingerprint density at radius 2 is 1.60 bits per heavy atom. The van der Waals surface area contributed by atoms with Gasteiger partial charge >= 0.3 is 6.09 Å². The second-order valence-corrected chi connectivity index (χ2v) is 7.59. The number of rotatable bonds is 3. The van der Waals surface area contributed by atoms with Crippen LogP contribution in [0.2, 0.25) is 0 Å². The lowest BCUT2D eigenvalue weighted by Crippen LogP contribution is -2.40. The normalized spacial score (nSPS) is 11.4. The first-order valence-electron chi connectivity index (χ1n) is 9.41. The minimum atomic E-state index is -0.630. The van der Waals surface area contributed by atoms with Gasteiger partial charge in [0.05, 0.1) is 5.52 Å². The molecule has 0 spiro atoms. The molecule has 7 nitrogen and oxygen atoms in total. The maximum absolute atomic E-state index is 12.5. The van der Waals surface area contributed by atoms with Crippen LogP contribution in [0.25, 0.3) is 17.0 Å². The second kappa shape index (κ2) is 8.65. The summed E-state index contributed by atoms with van der Waals surface area (Å²) in [6, 6.07) is 15.9. The summed E-state index contributed by atoms with van der Waals surface area (Å²) in [5.74, 6) is -0.924. The number of aromatic nitrogens is 1. The van der Waals surface area contributed by atoms with Gasteiger partial charge in [-0.25, -0.2) is 4.79 Å². The van der Waals surface area contributed by atoms with Crippen LogP contribution >= 0.6 is 0 Å². The molecule has 2 amide bonds. The van der Waals surface area contributed by atoms with Crippen molar-refractivity contribution in [3.63, 3.8) is 0 Å². The molecule has 7 heteroatoms. The van der Waals surface area contributed by atoms with Crippen LogP contribution in [0.1, 0.15) is 36.7 Å². The van der Waals surface area contributed by atoms with Gasteiger partial charge in [-0.15, -0.1) is 0 Å². The molecule has 0 aliphatic heterocycles. The number of para-hydroxylation sites is 1. The van der Waals surface area contributed by atoms with Crippen molar-refractivity contribution in [2.75, 3.05) is 0 Å². The summed E-state index contributed by atoms with van der Waals surface area (Å²) in [5, 5.41) is 0.792. The fourth-order valence-electron chi connectivity index (χ4n) is 2.79. The number of amides is 2. The lowest BCUT2D eigenvalue weighted by atomic mass is 10.1. The third-order valence-corrected chi connectivity index (χ3v) is 4.08. The second-order valence-electron chi connectivity index (χ2n) is 7.59. The number of benzene rings is 2. The van der Waals surface area contributed by atoms with Crippen LogP contribution in [-0.2, 0) is 9.53 Å². The monoisotopic (exact) mass is 405 g/mol. The van der Waals surface area contributed by atoms with E-state index in [0.717, 1.165) is 5.39 Å². The van der Waals surface area contributed by atoms with Gasteiger partial charge < -0.3 is 4.74 Å². The van der Waals surface area contributed by atoms with Gasteiger partial charge in [0.2, 0.25) is 0 Å². The fraction of sp³-hybridized carbons (Fsp3) is 0.174. The molecule has 0 saturated carbocycles. The van der Waals surface area contributed by atoms with Gasteiger partial charge in [0.25, 0.3) is 11.8 Å². The SMILES string of the molecule is CC(C)(C)OC(=O)n1cc(C=CC(=O)NNC(=O)c2ccccc2)c2ccccc21. The molecule has 0 saturated heterocycles. The van der Waals surface area contributed by atoms with Gasteiger partial charge in [0.15, 0.2) is 0 Å². The van der Waals surface area contributed by atoms with E-state index in [1.165, 1.54) is 10.6 Å². The molecule has 0 atom stereocenters. The Bertz CT molecular complexity index is 1110. The van der Waals surface area contributed by atoms with Crippen molar-refractivity contribution in [2.24, 2.45) is 0 Å². The van der Waals surface area contributed by atoms with E-state index >= 15 is 0 Å². The van der Waals surface area contributed by atoms with Gasteiger partial charge in [-0.3, -0.25) is 25.0 Å². The summed E-state index contributed by atoms with van der Waals surface area (Å²) in [7, 11) is 0. The number of ether oxygens (including phenoxy) is 1. The molecule has 154 valence electrons. The van der Waals surface area contributed by atoms with Gasteiger partial charge in [-0.05, 0) is 45.0 Å². The zero-order valence-corrected chi connectivity index (χ0v) is 17.0. The minimum Gasteiger partial charge on any atom is -0.443 e. The molecule has 2 aromatic carbocycles. The number of nitrogens with one attached hydrogen (secondary N) is 2. The third-order valence-electron chi connectivity index (χ3n) is 4.08. The standard InChI is InChI=1S/C23H23N3O4/c1-23(2,3)30-22(29)26-15-17(18-11-7-8-12-19(18)26)13-14-20(27)24-25-21(28)16-9-5-4-6-10-16/h4-15H,1-3H3,(H,24,27)(H,25,28). The first-order valence-corrected chi connectivity index (χ1v) is 9.41. The molecule has 0 radical (unpaired) electrons. The molecule has 0 aliphatic rings. The predicted molar refractivity (Wildman–Crippen MR) is 115 cm³/mol. The first-order chi connectivity index (χ1) is 14.2. The molecule has 0 unspecified atom stereocenters. The van der Waals surface area contributed by atoms with Gasteiger partial charge in [0.1, 0.15) is 5.60 Å². The lowest BCUT2D eigenvalue weighted by molar-refractivity contribution is -0.117. The summed E-state index contributed by atoms with van der Waals surface area (Å²) >= 11 is 0. The zero-order chi connectivity index (χ0) is 21.7. The largest absolute Gasteiger partial charge is 0.443 e. The molecule has 0 fully saturated rings. The predicted octanol–water partition coefficient (Wildman–Crippen LogP) is 3.90. The first kappa shape index (κ1) is 20.9. The molecule has 0 bridgehead atoms. The maximum atomic E-state index is 12.5. The van der Waals surface area contributed by atoms with Gasteiger partial charge in [-0.2, -0.15) is 0 Å². The van der Waals surface area contributed by atoms with E-state index in [0.29, 0.717) is 16.6 Å². The highest BCUT2D eigenvalue weighted by atomic mass is 16.6. The Hall–Kier alpha value is -3.87. The van der Waals surface area contributed by atoms with Crippen LogP contribution in [-0.4, -0.2) is 28.1 Å². The lowest BCUT2D eigenvalue weighted by Gasteiger charge is -2.19. The van der Waals surface area contributed by atoms with E-state index < -0.39 is 23.5 Å². The number of nitrogens with zero attached hydrogens (tertiary/aromatic N) is 1. The van der Waals surface area contributed by atoms with Gasteiger partial charge in [0, 0.05) is 28.8 Å². The van der Waals surface area contributed by atoms with Crippen LogP contribution in [0.4, 0.5) is 4.79 Å². The smallest absolute Gasteiger partial charge is 0.419 e. The van der Waals surface area contributed by atoms with Gasteiger partial charge in [-0.1, -0.05) is 36.4 Å². The molecular formula is C23H23N3O4. The summed E-state index contributed by atoms with van der Waals surface area (Å²) in [6.07, 6.45) is 3.98. The summed E-state index contributed by atoms with van der Waals surface area (Å²) < 4.78 is 6.86. The number of hydrazine groups is 1. The molecule has 1 heterocycles. The summed E-state index contributed by atoms with van der Waals surface area (Å²) in [6.45, 7) is 5.39. The van der Waals surface area contributed by atoms with E-state index in [2.05, 4.69) is 10.9 Å². The molecule has 3 aromatic rings. The van der Waals surface area contributed by atoms with Crippen molar-refractivity contribution in [2.45, 2.75) is 26.4 Å².